The van der Waals surface area contributed by atoms with E-state index in [4.69, 9.17) is 0 Å². The molecular formula is C38H57FN6O7S. The van der Waals surface area contributed by atoms with Crippen molar-refractivity contribution in [2.24, 2.45) is 34.0 Å². The van der Waals surface area contributed by atoms with Gasteiger partial charge in [-0.25, -0.2) is 17.6 Å². The summed E-state index contributed by atoms with van der Waals surface area (Å²) >= 11 is 0. The van der Waals surface area contributed by atoms with Crippen molar-refractivity contribution in [3.05, 3.63) is 42.7 Å². The molecule has 53 heavy (non-hydrogen) atoms. The van der Waals surface area contributed by atoms with E-state index < -0.39 is 80.4 Å². The van der Waals surface area contributed by atoms with Crippen LogP contribution in [0.25, 0.3) is 0 Å². The van der Waals surface area contributed by atoms with Gasteiger partial charge in [0.25, 0.3) is 5.91 Å². The van der Waals surface area contributed by atoms with Crippen LogP contribution in [0.15, 0.2) is 41.8 Å². The van der Waals surface area contributed by atoms with Crippen molar-refractivity contribution in [3.63, 3.8) is 0 Å². The second-order valence-corrected chi connectivity index (χ2v) is 19.6. The first-order chi connectivity index (χ1) is 24.4. The van der Waals surface area contributed by atoms with Crippen LogP contribution in [0.5, 0.6) is 0 Å². The van der Waals surface area contributed by atoms with E-state index in [-0.39, 0.29) is 47.7 Å². The van der Waals surface area contributed by atoms with Crippen LogP contribution in [0.2, 0.25) is 0 Å². The third kappa shape index (κ3) is 9.64. The highest BCUT2D eigenvalue weighted by atomic mass is 32.2. The van der Waals surface area contributed by atoms with Crippen LogP contribution < -0.4 is 21.3 Å². The molecule has 1 aliphatic heterocycles. The summed E-state index contributed by atoms with van der Waals surface area (Å²) in [6.45, 7) is 18.7. The van der Waals surface area contributed by atoms with Crippen LogP contribution in [-0.4, -0.2) is 98.0 Å². The van der Waals surface area contributed by atoms with Gasteiger partial charge in [-0.1, -0.05) is 80.4 Å². The molecule has 1 heterocycles. The lowest BCUT2D eigenvalue weighted by Crippen LogP contribution is -2.62. The molecular weight excluding hydrogens is 704 g/mol. The van der Waals surface area contributed by atoms with E-state index in [1.165, 1.54) is 30.2 Å². The number of carbonyl (C=O) groups is 5. The van der Waals surface area contributed by atoms with E-state index in [0.717, 1.165) is 29.3 Å². The number of nitrogens with zero attached hydrogens (tertiary/aromatic N) is 2. The van der Waals surface area contributed by atoms with Crippen molar-refractivity contribution in [2.45, 2.75) is 104 Å². The molecule has 0 spiro atoms. The molecule has 4 N–H and O–H groups in total. The molecule has 0 aromatic heterocycles. The summed E-state index contributed by atoms with van der Waals surface area (Å²) in [6.07, 6.45) is 3.58. The Morgan fingerprint density at radius 1 is 1.04 bits per heavy atom. The van der Waals surface area contributed by atoms with Gasteiger partial charge in [-0.05, 0) is 58.6 Å². The predicted molar refractivity (Wildman–Crippen MR) is 198 cm³/mol. The SMILES string of the molecule is C=CCNC(=O)C(=O)C(CC1CC1)NC(=O)[C@@H]1[C@@H]2[C@H](CN1C(=O)[C@@H](NC(=O)N[C@H](CN(C)S(=O)(=O)c1cccc(F)c1)C(C)(C)C)C(C)(C)C)C2(C)C. The van der Waals surface area contributed by atoms with E-state index in [0.29, 0.717) is 6.42 Å². The van der Waals surface area contributed by atoms with Gasteiger partial charge in [0.05, 0.1) is 10.9 Å². The van der Waals surface area contributed by atoms with Crippen LogP contribution in [0.4, 0.5) is 9.18 Å². The fraction of sp³-hybridized carbons (Fsp3) is 0.658. The maximum absolute atomic E-state index is 14.5. The van der Waals surface area contributed by atoms with Crippen molar-refractivity contribution in [3.8, 4) is 0 Å². The molecule has 15 heteroatoms. The van der Waals surface area contributed by atoms with Gasteiger partial charge in [-0.2, -0.15) is 4.31 Å². The number of sulfonamides is 1. The number of carbonyl (C=O) groups excluding carboxylic acids is 5. The minimum Gasteiger partial charge on any atom is -0.346 e. The second-order valence-electron chi connectivity index (χ2n) is 17.6. The number of hydrogen-bond acceptors (Lipinski definition) is 7. The minimum absolute atomic E-state index is 0.0194. The van der Waals surface area contributed by atoms with Gasteiger partial charge in [-0.15, -0.1) is 6.58 Å². The minimum atomic E-state index is -4.10. The van der Waals surface area contributed by atoms with Crippen LogP contribution in [0.3, 0.4) is 0 Å². The van der Waals surface area contributed by atoms with E-state index >= 15 is 0 Å². The van der Waals surface area contributed by atoms with Crippen molar-refractivity contribution in [1.82, 2.24) is 30.5 Å². The lowest BCUT2D eigenvalue weighted by Gasteiger charge is -2.39. The normalized spacial score (nSPS) is 22.5. The van der Waals surface area contributed by atoms with Crippen molar-refractivity contribution in [2.75, 3.05) is 26.7 Å². The lowest BCUT2D eigenvalue weighted by molar-refractivity contribution is -0.145. The molecule has 4 rings (SSSR count). The van der Waals surface area contributed by atoms with Gasteiger partial charge >= 0.3 is 6.03 Å². The number of benzene rings is 1. The summed E-state index contributed by atoms with van der Waals surface area (Å²) in [6, 6.07) is 0.171. The topological polar surface area (TPSA) is 174 Å². The van der Waals surface area contributed by atoms with Gasteiger partial charge < -0.3 is 26.2 Å². The number of piperidine rings is 1. The van der Waals surface area contributed by atoms with Crippen LogP contribution in [0, 0.1) is 39.8 Å². The molecule has 13 nitrogen and oxygen atoms in total. The molecule has 3 fully saturated rings. The third-order valence-electron chi connectivity index (χ3n) is 11.0. The number of rotatable bonds is 15. The molecule has 0 bridgehead atoms. The molecule has 1 saturated heterocycles. The van der Waals surface area contributed by atoms with E-state index in [2.05, 4.69) is 27.8 Å². The summed E-state index contributed by atoms with van der Waals surface area (Å²) in [5.74, 6) is -3.19. The zero-order valence-electron chi connectivity index (χ0n) is 32.4. The summed E-state index contributed by atoms with van der Waals surface area (Å²) < 4.78 is 41.5. The highest BCUT2D eigenvalue weighted by Crippen LogP contribution is 2.65. The van der Waals surface area contributed by atoms with Gasteiger partial charge in [0.2, 0.25) is 27.6 Å². The number of fused-ring (bicyclic) bond motifs is 1. The predicted octanol–water partition coefficient (Wildman–Crippen LogP) is 3.21. The highest BCUT2D eigenvalue weighted by molar-refractivity contribution is 7.89. The number of Topliss-reactive ketones (excluding diaryl/α,β-unsaturated/α-hetero) is 1. The Morgan fingerprint density at radius 3 is 2.23 bits per heavy atom. The Bertz CT molecular complexity index is 1720. The molecule has 2 aliphatic carbocycles. The standard InChI is InChI=1S/C38H57FN6O7S/c1-11-17-40-33(48)30(46)26(18-22-15-16-22)41-32(47)29-28-25(38(28,8)9)20-45(29)34(49)31(37(5,6)7)43-35(50)42-27(36(2,3)4)21-44(10)53(51,52)24-14-12-13-23(39)19-24/h11-14,19,22,25-29,31H,1,15-18,20-21H2,2-10H3,(H,40,48)(H,41,47)(H2,42,43,50)/t25-,26?,27+,28-,29-,31+/m0/s1. The number of halogens is 1. The smallest absolute Gasteiger partial charge is 0.315 e. The molecule has 2 saturated carbocycles. The number of amides is 5. The maximum atomic E-state index is 14.5. The van der Waals surface area contributed by atoms with Gasteiger partial charge in [0.15, 0.2) is 0 Å². The Labute approximate surface area is 313 Å². The molecule has 3 aliphatic rings. The van der Waals surface area contributed by atoms with Gasteiger partial charge in [0.1, 0.15) is 17.9 Å². The van der Waals surface area contributed by atoms with Crippen molar-refractivity contribution < 1.29 is 36.8 Å². The van der Waals surface area contributed by atoms with Crippen LogP contribution in [0.1, 0.15) is 74.7 Å². The van der Waals surface area contributed by atoms with Gasteiger partial charge in [-0.3, -0.25) is 19.2 Å². The molecule has 5 amide bonds. The Kier molecular flexibility index (Phi) is 12.2. The molecule has 1 unspecified atom stereocenters. The van der Waals surface area contributed by atoms with E-state index in [1.807, 2.05) is 34.6 Å². The molecule has 294 valence electrons. The van der Waals surface area contributed by atoms with E-state index in [1.54, 1.807) is 20.8 Å². The first kappa shape index (κ1) is 41.9. The average molecular weight is 761 g/mol. The molecule has 1 aromatic rings. The Balaban J connectivity index is 1.53. The number of hydrogen-bond donors (Lipinski definition) is 4. The Morgan fingerprint density at radius 2 is 1.68 bits per heavy atom. The summed E-state index contributed by atoms with van der Waals surface area (Å²) in [5.41, 5.74) is -1.71. The number of likely N-dealkylation sites (tertiary alicyclic amines) is 1. The van der Waals surface area contributed by atoms with Crippen molar-refractivity contribution in [1.29, 1.82) is 0 Å². The molecule has 0 radical (unpaired) electrons. The monoisotopic (exact) mass is 760 g/mol. The number of nitrogens with one attached hydrogen (secondary N) is 4. The van der Waals surface area contributed by atoms with Gasteiger partial charge in [0, 0.05) is 32.7 Å². The van der Waals surface area contributed by atoms with Crippen molar-refractivity contribution >= 4 is 39.6 Å². The largest absolute Gasteiger partial charge is 0.346 e. The summed E-state index contributed by atoms with van der Waals surface area (Å²) in [7, 11) is -2.75. The fourth-order valence-corrected chi connectivity index (χ4v) is 8.46. The summed E-state index contributed by atoms with van der Waals surface area (Å²) in [5, 5.41) is 11.0. The van der Waals surface area contributed by atoms with Crippen LogP contribution >= 0.6 is 0 Å². The first-order valence-electron chi connectivity index (χ1n) is 18.2. The maximum Gasteiger partial charge on any atom is 0.315 e. The fourth-order valence-electron chi connectivity index (χ4n) is 7.24. The highest BCUT2D eigenvalue weighted by Gasteiger charge is 2.70. The number of urea groups is 1. The first-order valence-corrected chi connectivity index (χ1v) is 19.7. The molecule has 1 aromatic carbocycles. The quantitative estimate of drug-likeness (QED) is 0.157. The Hall–Kier alpha value is -3.85. The third-order valence-corrected chi connectivity index (χ3v) is 12.8. The lowest BCUT2D eigenvalue weighted by atomic mass is 9.85. The average Bonchev–Trinajstić information content (AvgIpc) is 3.91. The second kappa shape index (κ2) is 15.5. The zero-order chi connectivity index (χ0) is 39.8. The van der Waals surface area contributed by atoms with E-state index in [9.17, 15) is 36.8 Å². The van der Waals surface area contributed by atoms with Crippen LogP contribution in [-0.2, 0) is 29.2 Å². The number of likely N-dealkylation sites (N-methyl/N-ethyl adjacent to an activating group) is 1. The zero-order valence-corrected chi connectivity index (χ0v) is 33.2. The molecule has 6 atom stereocenters. The number of ketones is 1. The summed E-state index contributed by atoms with van der Waals surface area (Å²) in [4.78, 5) is 69.3.